The number of aryl methyl sites for hydroxylation is 1. The quantitative estimate of drug-likeness (QED) is 0.790. The van der Waals surface area contributed by atoms with Gasteiger partial charge in [0.1, 0.15) is 16.5 Å². The van der Waals surface area contributed by atoms with E-state index < -0.39 is 0 Å². The van der Waals surface area contributed by atoms with Crippen LogP contribution in [0.25, 0.3) is 11.0 Å². The van der Waals surface area contributed by atoms with E-state index in [0.29, 0.717) is 11.8 Å². The molecule has 0 saturated heterocycles. The average molecular weight is 254 g/mol. The highest BCUT2D eigenvalue weighted by molar-refractivity contribution is 6.29. The van der Waals surface area contributed by atoms with Crippen LogP contribution < -0.4 is 0 Å². The molecule has 2 aromatic rings. The van der Waals surface area contributed by atoms with Crippen LogP contribution in [0.2, 0.25) is 5.15 Å². The molecule has 0 aliphatic rings. The van der Waals surface area contributed by atoms with Crippen molar-refractivity contribution in [2.75, 3.05) is 13.7 Å². The van der Waals surface area contributed by atoms with Gasteiger partial charge in [0.2, 0.25) is 0 Å². The summed E-state index contributed by atoms with van der Waals surface area (Å²) in [6.07, 6.45) is 1.70. The zero-order valence-electron chi connectivity index (χ0n) is 10.5. The Hall–Kier alpha value is -1.13. The van der Waals surface area contributed by atoms with E-state index in [1.54, 1.807) is 13.3 Å². The van der Waals surface area contributed by atoms with E-state index in [9.17, 15) is 0 Å². The molecule has 0 bridgehead atoms. The molecular formula is C12H16ClN3O. The molecule has 0 N–H and O–H groups in total. The van der Waals surface area contributed by atoms with Gasteiger partial charge in [-0.15, -0.1) is 0 Å². The van der Waals surface area contributed by atoms with E-state index in [-0.39, 0.29) is 5.54 Å². The summed E-state index contributed by atoms with van der Waals surface area (Å²) in [5.41, 5.74) is 1.68. The number of halogens is 1. The zero-order chi connectivity index (χ0) is 12.6. The minimum Gasteiger partial charge on any atom is -0.382 e. The Morgan fingerprint density at radius 1 is 1.47 bits per heavy atom. The van der Waals surface area contributed by atoms with Crippen molar-refractivity contribution in [1.82, 2.24) is 14.5 Å². The SMILES string of the molecule is COCC(C)(C)n1c(C)nc2cnc(Cl)cc21. The first-order chi connectivity index (χ1) is 7.95. The van der Waals surface area contributed by atoms with Gasteiger partial charge in [0, 0.05) is 13.2 Å². The monoisotopic (exact) mass is 253 g/mol. The molecule has 17 heavy (non-hydrogen) atoms. The summed E-state index contributed by atoms with van der Waals surface area (Å²) in [7, 11) is 1.70. The number of aromatic nitrogens is 3. The molecule has 0 radical (unpaired) electrons. The van der Waals surface area contributed by atoms with Crippen LogP contribution in [0.1, 0.15) is 19.7 Å². The Labute approximate surface area is 106 Å². The number of pyridine rings is 1. The van der Waals surface area contributed by atoms with Gasteiger partial charge in [0.25, 0.3) is 0 Å². The molecule has 0 atom stereocenters. The van der Waals surface area contributed by atoms with Crippen molar-refractivity contribution < 1.29 is 4.74 Å². The number of hydrogen-bond acceptors (Lipinski definition) is 3. The summed E-state index contributed by atoms with van der Waals surface area (Å²) in [5.74, 6) is 0.936. The molecule has 0 aliphatic carbocycles. The highest BCUT2D eigenvalue weighted by atomic mass is 35.5. The Kier molecular flexibility index (Phi) is 3.10. The van der Waals surface area contributed by atoms with Crippen LogP contribution in [0.5, 0.6) is 0 Å². The summed E-state index contributed by atoms with van der Waals surface area (Å²) in [6.45, 7) is 6.81. The van der Waals surface area contributed by atoms with Crippen LogP contribution in [0.15, 0.2) is 12.3 Å². The van der Waals surface area contributed by atoms with Gasteiger partial charge >= 0.3 is 0 Å². The molecule has 0 spiro atoms. The van der Waals surface area contributed by atoms with E-state index in [0.717, 1.165) is 16.9 Å². The highest BCUT2D eigenvalue weighted by Gasteiger charge is 2.24. The first-order valence-corrected chi connectivity index (χ1v) is 5.83. The number of fused-ring (bicyclic) bond motifs is 1. The van der Waals surface area contributed by atoms with Crippen LogP contribution in [0.4, 0.5) is 0 Å². The molecule has 2 aromatic heterocycles. The lowest BCUT2D eigenvalue weighted by molar-refractivity contribution is 0.111. The number of rotatable bonds is 3. The summed E-state index contributed by atoms with van der Waals surface area (Å²) in [6, 6.07) is 1.84. The fraction of sp³-hybridized carbons (Fsp3) is 0.500. The Balaban J connectivity index is 2.67. The maximum absolute atomic E-state index is 5.94. The Morgan fingerprint density at radius 3 is 2.82 bits per heavy atom. The predicted octanol–water partition coefficient (Wildman–Crippen LogP) is 2.77. The predicted molar refractivity (Wildman–Crippen MR) is 68.5 cm³/mol. The molecule has 0 aromatic carbocycles. The molecule has 5 heteroatoms. The maximum Gasteiger partial charge on any atom is 0.131 e. The first-order valence-electron chi connectivity index (χ1n) is 5.46. The molecular weight excluding hydrogens is 238 g/mol. The second kappa shape index (κ2) is 4.27. The van der Waals surface area contributed by atoms with E-state index in [4.69, 9.17) is 16.3 Å². The first kappa shape index (κ1) is 12.3. The molecule has 0 amide bonds. The minimum atomic E-state index is -0.168. The van der Waals surface area contributed by atoms with Crippen molar-refractivity contribution in [2.24, 2.45) is 0 Å². The van der Waals surface area contributed by atoms with Gasteiger partial charge in [-0.3, -0.25) is 0 Å². The van der Waals surface area contributed by atoms with Gasteiger partial charge in [-0.2, -0.15) is 0 Å². The molecule has 92 valence electrons. The van der Waals surface area contributed by atoms with Gasteiger partial charge in [-0.25, -0.2) is 9.97 Å². The summed E-state index contributed by atoms with van der Waals surface area (Å²) in [4.78, 5) is 8.54. The van der Waals surface area contributed by atoms with Gasteiger partial charge in [-0.1, -0.05) is 11.6 Å². The topological polar surface area (TPSA) is 39.9 Å². The van der Waals surface area contributed by atoms with E-state index in [1.165, 1.54) is 0 Å². The molecule has 0 unspecified atom stereocenters. The van der Waals surface area contributed by atoms with Crippen molar-refractivity contribution in [2.45, 2.75) is 26.3 Å². The normalized spacial score (nSPS) is 12.3. The second-order valence-corrected chi connectivity index (χ2v) is 5.12. The van der Waals surface area contributed by atoms with Gasteiger partial charge < -0.3 is 9.30 Å². The molecule has 0 aliphatic heterocycles. The van der Waals surface area contributed by atoms with Crippen LogP contribution in [0.3, 0.4) is 0 Å². The van der Waals surface area contributed by atoms with Crippen LogP contribution in [-0.2, 0) is 10.3 Å². The summed E-state index contributed by atoms with van der Waals surface area (Å²) in [5, 5.41) is 0.479. The second-order valence-electron chi connectivity index (χ2n) is 4.74. The van der Waals surface area contributed by atoms with Crippen molar-refractivity contribution in [3.8, 4) is 0 Å². The standard InChI is InChI=1S/C12H16ClN3O/c1-8-15-9-6-14-11(13)5-10(9)16(8)12(2,3)7-17-4/h5-6H,7H2,1-4H3. The van der Waals surface area contributed by atoms with Crippen molar-refractivity contribution in [1.29, 1.82) is 0 Å². The molecule has 4 nitrogen and oxygen atoms in total. The third-order valence-corrected chi connectivity index (χ3v) is 2.98. The highest BCUT2D eigenvalue weighted by Crippen LogP contribution is 2.26. The van der Waals surface area contributed by atoms with Crippen LogP contribution in [-0.4, -0.2) is 28.3 Å². The summed E-state index contributed by atoms with van der Waals surface area (Å²) < 4.78 is 7.41. The van der Waals surface area contributed by atoms with Crippen LogP contribution in [0, 0.1) is 6.92 Å². The van der Waals surface area contributed by atoms with Crippen molar-refractivity contribution >= 4 is 22.6 Å². The van der Waals surface area contributed by atoms with Crippen LogP contribution >= 0.6 is 11.6 Å². The number of methoxy groups -OCH3 is 1. The molecule has 0 fully saturated rings. The van der Waals surface area contributed by atoms with E-state index in [2.05, 4.69) is 28.4 Å². The van der Waals surface area contributed by atoms with Gasteiger partial charge in [0.15, 0.2) is 0 Å². The molecule has 0 saturated carbocycles. The molecule has 2 rings (SSSR count). The lowest BCUT2D eigenvalue weighted by Gasteiger charge is -2.28. The third kappa shape index (κ3) is 2.15. The smallest absolute Gasteiger partial charge is 0.131 e. The molecule has 2 heterocycles. The van der Waals surface area contributed by atoms with E-state index in [1.807, 2.05) is 13.0 Å². The lowest BCUT2D eigenvalue weighted by Crippen LogP contribution is -2.32. The van der Waals surface area contributed by atoms with Crippen molar-refractivity contribution in [3.63, 3.8) is 0 Å². The summed E-state index contributed by atoms with van der Waals surface area (Å²) >= 11 is 5.94. The number of imidazole rings is 1. The van der Waals surface area contributed by atoms with Gasteiger partial charge in [0.05, 0.1) is 23.9 Å². The van der Waals surface area contributed by atoms with Gasteiger partial charge in [-0.05, 0) is 20.8 Å². The fourth-order valence-electron chi connectivity index (χ4n) is 2.26. The lowest BCUT2D eigenvalue weighted by atomic mass is 10.1. The minimum absolute atomic E-state index is 0.168. The van der Waals surface area contributed by atoms with E-state index >= 15 is 0 Å². The Bertz CT molecular complexity index is 548. The Morgan fingerprint density at radius 2 is 2.18 bits per heavy atom. The number of nitrogens with zero attached hydrogens (tertiary/aromatic N) is 3. The average Bonchev–Trinajstić information content (AvgIpc) is 2.53. The van der Waals surface area contributed by atoms with Crippen molar-refractivity contribution in [3.05, 3.63) is 23.2 Å². The zero-order valence-corrected chi connectivity index (χ0v) is 11.2. The number of hydrogen-bond donors (Lipinski definition) is 0. The third-order valence-electron chi connectivity index (χ3n) is 2.78. The largest absolute Gasteiger partial charge is 0.382 e. The fourth-order valence-corrected chi connectivity index (χ4v) is 2.41. The number of ether oxygens (including phenoxy) is 1. The maximum atomic E-state index is 5.94.